The van der Waals surface area contributed by atoms with E-state index in [1.165, 1.54) is 0 Å². The largest absolute Gasteiger partial charge is 0.391 e. The molecule has 2 heterocycles. The van der Waals surface area contributed by atoms with Gasteiger partial charge in [-0.15, -0.1) is 0 Å². The number of nitrogens with one attached hydrogen (secondary N) is 1. The number of piperidine rings is 1. The highest BCUT2D eigenvalue weighted by molar-refractivity contribution is 5.49. The molecule has 134 valence electrons. The number of nitrogens with two attached hydrogens (primary N) is 1. The second kappa shape index (κ2) is 7.17. The Morgan fingerprint density at radius 1 is 1.04 bits per heavy atom. The van der Waals surface area contributed by atoms with Crippen LogP contribution in [0.2, 0.25) is 0 Å². The normalized spacial score (nSPS) is 26.4. The second-order valence-electron chi connectivity index (χ2n) is 6.96. The van der Waals surface area contributed by atoms with E-state index in [9.17, 15) is 13.2 Å². The molecule has 7 heteroatoms. The molecule has 0 radical (unpaired) electrons. The van der Waals surface area contributed by atoms with Crippen molar-refractivity contribution < 1.29 is 13.2 Å². The molecule has 1 aromatic rings. The van der Waals surface area contributed by atoms with Crippen molar-refractivity contribution in [2.45, 2.75) is 56.8 Å². The molecule has 1 saturated carbocycles. The lowest BCUT2D eigenvalue weighted by atomic mass is 9.92. The number of halogens is 3. The van der Waals surface area contributed by atoms with Crippen molar-refractivity contribution in [2.24, 2.45) is 11.7 Å². The summed E-state index contributed by atoms with van der Waals surface area (Å²) in [6, 6.07) is 4.61. The molecule has 1 aliphatic heterocycles. The lowest BCUT2D eigenvalue weighted by Crippen LogP contribution is -2.39. The number of alkyl halides is 3. The van der Waals surface area contributed by atoms with Crippen molar-refractivity contribution in [3.63, 3.8) is 0 Å². The van der Waals surface area contributed by atoms with Crippen molar-refractivity contribution in [3.05, 3.63) is 18.3 Å². The highest BCUT2D eigenvalue weighted by Crippen LogP contribution is 2.35. The van der Waals surface area contributed by atoms with Crippen LogP contribution in [0.5, 0.6) is 0 Å². The van der Waals surface area contributed by atoms with Gasteiger partial charge in [0.15, 0.2) is 0 Å². The molecule has 3 rings (SSSR count). The van der Waals surface area contributed by atoms with Crippen LogP contribution in [0.1, 0.15) is 38.5 Å². The van der Waals surface area contributed by atoms with Crippen LogP contribution in [0.3, 0.4) is 0 Å². The van der Waals surface area contributed by atoms with Gasteiger partial charge in [-0.25, -0.2) is 4.98 Å². The van der Waals surface area contributed by atoms with Crippen molar-refractivity contribution in [1.29, 1.82) is 0 Å². The second-order valence-corrected chi connectivity index (χ2v) is 6.96. The maximum Gasteiger partial charge on any atom is 0.391 e. The van der Waals surface area contributed by atoms with Gasteiger partial charge < -0.3 is 16.0 Å². The first-order valence-electron chi connectivity index (χ1n) is 8.71. The minimum atomic E-state index is -4.07. The summed E-state index contributed by atoms with van der Waals surface area (Å²) in [5.41, 5.74) is 6.88. The quantitative estimate of drug-likeness (QED) is 0.882. The van der Waals surface area contributed by atoms with Crippen LogP contribution in [0.4, 0.5) is 24.7 Å². The third-order valence-corrected chi connectivity index (χ3v) is 5.17. The Kier molecular flexibility index (Phi) is 5.18. The zero-order valence-corrected chi connectivity index (χ0v) is 13.7. The van der Waals surface area contributed by atoms with Crippen LogP contribution in [-0.2, 0) is 0 Å². The molecule has 4 nitrogen and oxygen atoms in total. The molecule has 1 aromatic heterocycles. The van der Waals surface area contributed by atoms with Gasteiger partial charge in [-0.3, -0.25) is 0 Å². The summed E-state index contributed by atoms with van der Waals surface area (Å²) in [6.07, 6.45) is 2.20. The monoisotopic (exact) mass is 342 g/mol. The molecule has 0 bridgehead atoms. The first-order chi connectivity index (χ1) is 11.4. The van der Waals surface area contributed by atoms with Crippen LogP contribution < -0.4 is 16.0 Å². The molecular weight excluding hydrogens is 317 g/mol. The molecule has 0 amide bonds. The number of aromatic nitrogens is 1. The van der Waals surface area contributed by atoms with Crippen LogP contribution in [-0.4, -0.2) is 36.3 Å². The Labute approximate surface area is 140 Å². The number of hydrogen-bond acceptors (Lipinski definition) is 4. The van der Waals surface area contributed by atoms with Crippen LogP contribution >= 0.6 is 0 Å². The topological polar surface area (TPSA) is 54.2 Å². The lowest BCUT2D eigenvalue weighted by Gasteiger charge is -2.33. The predicted molar refractivity (Wildman–Crippen MR) is 89.1 cm³/mol. The Morgan fingerprint density at radius 3 is 2.25 bits per heavy atom. The minimum Gasteiger partial charge on any atom is -0.381 e. The summed E-state index contributed by atoms with van der Waals surface area (Å²) in [5.74, 6) is -0.417. The molecule has 2 aliphatic rings. The summed E-state index contributed by atoms with van der Waals surface area (Å²) < 4.78 is 38.2. The molecule has 0 aromatic carbocycles. The Hall–Kier alpha value is -1.50. The van der Waals surface area contributed by atoms with Gasteiger partial charge >= 0.3 is 6.18 Å². The van der Waals surface area contributed by atoms with Gasteiger partial charge in [0.05, 0.1) is 17.8 Å². The van der Waals surface area contributed by atoms with E-state index in [4.69, 9.17) is 5.73 Å². The van der Waals surface area contributed by atoms with Gasteiger partial charge in [-0.1, -0.05) is 0 Å². The maximum absolute atomic E-state index is 12.7. The first kappa shape index (κ1) is 17.3. The number of nitrogens with zero attached hydrogens (tertiary/aromatic N) is 2. The summed E-state index contributed by atoms with van der Waals surface area (Å²) in [5, 5.41) is 3.47. The van der Waals surface area contributed by atoms with Crippen LogP contribution in [0.25, 0.3) is 0 Å². The van der Waals surface area contributed by atoms with Crippen molar-refractivity contribution in [1.82, 2.24) is 4.98 Å². The van der Waals surface area contributed by atoms with Gasteiger partial charge in [0.1, 0.15) is 5.82 Å². The van der Waals surface area contributed by atoms with E-state index in [0.717, 1.165) is 37.2 Å². The first-order valence-corrected chi connectivity index (χ1v) is 8.71. The molecule has 0 atom stereocenters. The van der Waals surface area contributed by atoms with Gasteiger partial charge in [-0.2, -0.15) is 13.2 Å². The number of anilines is 2. The molecule has 0 unspecified atom stereocenters. The average molecular weight is 342 g/mol. The SMILES string of the molecule is NC1CCC(Nc2ccc(N3CCC(C(F)(F)F)CC3)nc2)CC1. The molecule has 3 N–H and O–H groups in total. The van der Waals surface area contributed by atoms with E-state index < -0.39 is 12.1 Å². The van der Waals surface area contributed by atoms with Gasteiger partial charge in [0.2, 0.25) is 0 Å². The summed E-state index contributed by atoms with van der Waals surface area (Å²) >= 11 is 0. The Balaban J connectivity index is 1.52. The van der Waals surface area contributed by atoms with E-state index in [0.29, 0.717) is 25.2 Å². The zero-order chi connectivity index (χ0) is 17.2. The molecule has 1 aliphatic carbocycles. The summed E-state index contributed by atoms with van der Waals surface area (Å²) in [6.45, 7) is 0.814. The number of hydrogen-bond donors (Lipinski definition) is 2. The van der Waals surface area contributed by atoms with E-state index in [1.807, 2.05) is 17.0 Å². The van der Waals surface area contributed by atoms with E-state index in [-0.39, 0.29) is 12.8 Å². The smallest absolute Gasteiger partial charge is 0.381 e. The third-order valence-electron chi connectivity index (χ3n) is 5.17. The molecule has 2 fully saturated rings. The fourth-order valence-electron chi connectivity index (χ4n) is 3.59. The van der Waals surface area contributed by atoms with Crippen molar-refractivity contribution in [3.8, 4) is 0 Å². The third kappa shape index (κ3) is 4.32. The Morgan fingerprint density at radius 2 is 1.71 bits per heavy atom. The molecular formula is C17H25F3N4. The van der Waals surface area contributed by atoms with E-state index in [2.05, 4.69) is 10.3 Å². The number of pyridine rings is 1. The molecule has 1 saturated heterocycles. The summed E-state index contributed by atoms with van der Waals surface area (Å²) in [4.78, 5) is 6.36. The molecule has 24 heavy (non-hydrogen) atoms. The van der Waals surface area contributed by atoms with Crippen LogP contribution in [0, 0.1) is 5.92 Å². The van der Waals surface area contributed by atoms with Crippen molar-refractivity contribution in [2.75, 3.05) is 23.3 Å². The fourth-order valence-corrected chi connectivity index (χ4v) is 3.59. The van der Waals surface area contributed by atoms with E-state index >= 15 is 0 Å². The van der Waals surface area contributed by atoms with Gasteiger partial charge in [0.25, 0.3) is 0 Å². The van der Waals surface area contributed by atoms with E-state index in [1.54, 1.807) is 6.20 Å². The van der Waals surface area contributed by atoms with Gasteiger partial charge in [-0.05, 0) is 50.7 Å². The highest BCUT2D eigenvalue weighted by atomic mass is 19.4. The van der Waals surface area contributed by atoms with Crippen molar-refractivity contribution >= 4 is 11.5 Å². The Bertz CT molecular complexity index is 516. The predicted octanol–water partition coefficient (Wildman–Crippen LogP) is 3.54. The summed E-state index contributed by atoms with van der Waals surface area (Å²) in [7, 11) is 0. The molecule has 0 spiro atoms. The zero-order valence-electron chi connectivity index (χ0n) is 13.7. The number of rotatable bonds is 3. The fraction of sp³-hybridized carbons (Fsp3) is 0.706. The highest BCUT2D eigenvalue weighted by Gasteiger charge is 2.41. The van der Waals surface area contributed by atoms with Crippen LogP contribution in [0.15, 0.2) is 18.3 Å². The van der Waals surface area contributed by atoms with Gasteiger partial charge in [0, 0.05) is 25.2 Å². The maximum atomic E-state index is 12.7. The standard InChI is InChI=1S/C17H25F3N4/c18-17(19,20)12-7-9-24(10-8-12)16-6-5-15(11-22-16)23-14-3-1-13(21)2-4-14/h5-6,11-14,23H,1-4,7-10,21H2. The lowest BCUT2D eigenvalue weighted by molar-refractivity contribution is -0.179. The minimum absolute atomic E-state index is 0.146. The average Bonchev–Trinajstić information content (AvgIpc) is 2.57.